The molecule has 2 rings (SSSR count). The fourth-order valence-corrected chi connectivity index (χ4v) is 1.91. The number of nitrogen functional groups attached to an aromatic ring is 1. The molecule has 0 aliphatic heterocycles. The van der Waals surface area contributed by atoms with Gasteiger partial charge in [-0.05, 0) is 18.2 Å². The van der Waals surface area contributed by atoms with Crippen LogP contribution in [-0.2, 0) is 4.79 Å². The molecule has 2 aromatic rings. The van der Waals surface area contributed by atoms with Crippen molar-refractivity contribution in [1.29, 1.82) is 0 Å². The summed E-state index contributed by atoms with van der Waals surface area (Å²) in [6, 6.07) is 5.65. The predicted octanol–water partition coefficient (Wildman–Crippen LogP) is 1.48. The van der Waals surface area contributed by atoms with Gasteiger partial charge in [0.15, 0.2) is 0 Å². The van der Waals surface area contributed by atoms with Crippen molar-refractivity contribution in [3.05, 3.63) is 28.9 Å². The number of anilines is 2. The highest BCUT2D eigenvalue weighted by Gasteiger charge is 2.07. The molecule has 17 heavy (non-hydrogen) atoms. The summed E-state index contributed by atoms with van der Waals surface area (Å²) in [4.78, 5) is 15.0. The largest absolute Gasteiger partial charge is 0.396 e. The molecule has 0 fully saturated rings. The molecule has 0 aliphatic carbocycles. The monoisotopic (exact) mass is 294 g/mol. The highest BCUT2D eigenvalue weighted by atomic mass is 79.9. The molecule has 0 atom stereocenters. The Hall–Kier alpha value is -1.82. The maximum absolute atomic E-state index is 10.8. The van der Waals surface area contributed by atoms with Gasteiger partial charge in [0.2, 0.25) is 5.91 Å². The molecule has 0 radical (unpaired) electrons. The number of benzene rings is 1. The molecule has 0 bridgehead atoms. The van der Waals surface area contributed by atoms with Crippen LogP contribution in [0, 0.1) is 0 Å². The van der Waals surface area contributed by atoms with E-state index in [4.69, 9.17) is 11.5 Å². The highest BCUT2D eigenvalue weighted by molar-refractivity contribution is 9.10. The molecular weight excluding hydrogens is 284 g/mol. The standard InChI is InChI=1S/C11H11BrN4O/c12-6-1-2-9-7(3-6)11(8(13)4-15-9)16-5-10(14)17/h1-4H,5,13H2,(H2,14,17)(H,15,16). The van der Waals surface area contributed by atoms with Crippen molar-refractivity contribution >= 4 is 44.1 Å². The Morgan fingerprint density at radius 1 is 1.47 bits per heavy atom. The predicted molar refractivity (Wildman–Crippen MR) is 71.5 cm³/mol. The van der Waals surface area contributed by atoms with Crippen LogP contribution in [0.2, 0.25) is 0 Å². The molecule has 0 saturated heterocycles. The maximum atomic E-state index is 10.8. The zero-order valence-corrected chi connectivity index (χ0v) is 10.5. The van der Waals surface area contributed by atoms with Gasteiger partial charge in [-0.2, -0.15) is 0 Å². The normalized spacial score (nSPS) is 10.4. The number of carbonyl (C=O) groups is 1. The van der Waals surface area contributed by atoms with Gasteiger partial charge in [0, 0.05) is 9.86 Å². The van der Waals surface area contributed by atoms with Gasteiger partial charge < -0.3 is 16.8 Å². The Labute approximate surface area is 106 Å². The Kier molecular flexibility index (Phi) is 3.14. The average Bonchev–Trinajstić information content (AvgIpc) is 2.27. The zero-order valence-electron chi connectivity index (χ0n) is 8.90. The topological polar surface area (TPSA) is 94.0 Å². The van der Waals surface area contributed by atoms with E-state index in [2.05, 4.69) is 26.2 Å². The van der Waals surface area contributed by atoms with Crippen LogP contribution < -0.4 is 16.8 Å². The first-order chi connectivity index (χ1) is 8.08. The highest BCUT2D eigenvalue weighted by Crippen LogP contribution is 2.29. The van der Waals surface area contributed by atoms with Gasteiger partial charge in [-0.15, -0.1) is 0 Å². The lowest BCUT2D eigenvalue weighted by Gasteiger charge is -2.11. The van der Waals surface area contributed by atoms with Crippen LogP contribution in [0.15, 0.2) is 28.9 Å². The molecule has 1 heterocycles. The number of pyridine rings is 1. The molecule has 1 amide bonds. The number of amides is 1. The zero-order chi connectivity index (χ0) is 12.4. The third-order valence-electron chi connectivity index (χ3n) is 2.30. The molecule has 1 aromatic carbocycles. The average molecular weight is 295 g/mol. The molecule has 0 aliphatic rings. The number of carbonyl (C=O) groups excluding carboxylic acids is 1. The van der Waals surface area contributed by atoms with Crippen LogP contribution in [0.1, 0.15) is 0 Å². The van der Waals surface area contributed by atoms with E-state index in [9.17, 15) is 4.79 Å². The number of aromatic nitrogens is 1. The van der Waals surface area contributed by atoms with Crippen LogP contribution in [0.25, 0.3) is 10.9 Å². The van der Waals surface area contributed by atoms with Crippen LogP contribution in [0.3, 0.4) is 0 Å². The van der Waals surface area contributed by atoms with Crippen molar-refractivity contribution in [2.45, 2.75) is 0 Å². The van der Waals surface area contributed by atoms with Crippen LogP contribution in [0.4, 0.5) is 11.4 Å². The van der Waals surface area contributed by atoms with Gasteiger partial charge >= 0.3 is 0 Å². The minimum absolute atomic E-state index is 0.0375. The molecule has 0 spiro atoms. The van der Waals surface area contributed by atoms with Crippen molar-refractivity contribution in [2.75, 3.05) is 17.6 Å². The molecule has 0 saturated carbocycles. The molecule has 5 nitrogen and oxygen atoms in total. The van der Waals surface area contributed by atoms with Crippen molar-refractivity contribution in [3.8, 4) is 0 Å². The summed E-state index contributed by atoms with van der Waals surface area (Å²) in [7, 11) is 0. The molecule has 1 aromatic heterocycles. The second-order valence-corrected chi connectivity index (χ2v) is 4.49. The van der Waals surface area contributed by atoms with Crippen LogP contribution in [0.5, 0.6) is 0 Å². The van der Waals surface area contributed by atoms with Gasteiger partial charge in [0.05, 0.1) is 29.6 Å². The smallest absolute Gasteiger partial charge is 0.236 e. The molecule has 0 unspecified atom stereocenters. The van der Waals surface area contributed by atoms with Crippen molar-refractivity contribution in [2.24, 2.45) is 5.73 Å². The van der Waals surface area contributed by atoms with E-state index in [1.807, 2.05) is 18.2 Å². The van der Waals surface area contributed by atoms with E-state index in [1.165, 1.54) is 0 Å². The van der Waals surface area contributed by atoms with Crippen molar-refractivity contribution < 1.29 is 4.79 Å². The molecular formula is C11H11BrN4O. The summed E-state index contributed by atoms with van der Waals surface area (Å²) >= 11 is 3.38. The first-order valence-electron chi connectivity index (χ1n) is 4.94. The Morgan fingerprint density at radius 3 is 2.94 bits per heavy atom. The van der Waals surface area contributed by atoms with E-state index in [1.54, 1.807) is 6.20 Å². The Bertz CT molecular complexity index is 580. The first-order valence-corrected chi connectivity index (χ1v) is 5.73. The fourth-order valence-electron chi connectivity index (χ4n) is 1.55. The number of nitrogens with two attached hydrogens (primary N) is 2. The summed E-state index contributed by atoms with van der Waals surface area (Å²) in [6.07, 6.45) is 1.56. The fraction of sp³-hybridized carbons (Fsp3) is 0.0909. The van der Waals surface area contributed by atoms with Crippen molar-refractivity contribution in [1.82, 2.24) is 4.98 Å². The Balaban J connectivity index is 2.53. The SMILES string of the molecule is NC(=O)CNc1c(N)cnc2ccc(Br)cc12. The maximum Gasteiger partial charge on any atom is 0.236 e. The van der Waals surface area contributed by atoms with Crippen molar-refractivity contribution in [3.63, 3.8) is 0 Å². The summed E-state index contributed by atoms with van der Waals surface area (Å²) in [5.41, 5.74) is 12.9. The summed E-state index contributed by atoms with van der Waals surface area (Å²) in [5, 5.41) is 3.77. The second-order valence-electron chi connectivity index (χ2n) is 3.57. The summed E-state index contributed by atoms with van der Waals surface area (Å²) in [5.74, 6) is -0.440. The molecule has 6 heteroatoms. The lowest BCUT2D eigenvalue weighted by molar-refractivity contribution is -0.116. The number of hydrogen-bond acceptors (Lipinski definition) is 4. The lowest BCUT2D eigenvalue weighted by atomic mass is 10.1. The van der Waals surface area contributed by atoms with Gasteiger partial charge in [-0.1, -0.05) is 15.9 Å². The number of rotatable bonds is 3. The lowest BCUT2D eigenvalue weighted by Crippen LogP contribution is -2.22. The van der Waals surface area contributed by atoms with Gasteiger partial charge in [-0.25, -0.2) is 0 Å². The second kappa shape index (κ2) is 4.58. The van der Waals surface area contributed by atoms with Gasteiger partial charge in [0.1, 0.15) is 0 Å². The van der Waals surface area contributed by atoms with Crippen LogP contribution >= 0.6 is 15.9 Å². The van der Waals surface area contributed by atoms with Gasteiger partial charge in [-0.3, -0.25) is 9.78 Å². The number of halogens is 1. The van der Waals surface area contributed by atoms with E-state index in [0.29, 0.717) is 11.4 Å². The number of primary amides is 1. The molecule has 88 valence electrons. The first kappa shape index (κ1) is 11.7. The third-order valence-corrected chi connectivity index (χ3v) is 2.79. The van der Waals surface area contributed by atoms with E-state index in [-0.39, 0.29) is 6.54 Å². The number of hydrogen-bond donors (Lipinski definition) is 3. The number of fused-ring (bicyclic) bond motifs is 1. The summed E-state index contributed by atoms with van der Waals surface area (Å²) < 4.78 is 0.916. The van der Waals surface area contributed by atoms with E-state index in [0.717, 1.165) is 15.4 Å². The Morgan fingerprint density at radius 2 is 2.24 bits per heavy atom. The number of nitrogens with one attached hydrogen (secondary N) is 1. The summed E-state index contributed by atoms with van der Waals surface area (Å²) in [6.45, 7) is 0.0375. The van der Waals surface area contributed by atoms with E-state index >= 15 is 0 Å². The molecule has 5 N–H and O–H groups in total. The van der Waals surface area contributed by atoms with E-state index < -0.39 is 5.91 Å². The third kappa shape index (κ3) is 2.47. The van der Waals surface area contributed by atoms with Crippen LogP contribution in [-0.4, -0.2) is 17.4 Å². The quantitative estimate of drug-likeness (QED) is 0.799. The number of nitrogens with zero attached hydrogens (tertiary/aromatic N) is 1. The minimum atomic E-state index is -0.440. The minimum Gasteiger partial charge on any atom is -0.396 e. The van der Waals surface area contributed by atoms with Gasteiger partial charge in [0.25, 0.3) is 0 Å².